The number of nitro groups is 1. The smallest absolute Gasteiger partial charge is 0.273 e. The maximum absolute atomic E-state index is 12.5. The number of methoxy groups -OCH3 is 2. The number of hydrogen-bond acceptors (Lipinski definition) is 5. The number of hydrogen-bond donors (Lipinski definition) is 1. The van der Waals surface area contributed by atoms with Gasteiger partial charge in [-0.25, -0.2) is 0 Å². The third-order valence-corrected chi connectivity index (χ3v) is 3.75. The monoisotopic (exact) mass is 370 g/mol. The van der Waals surface area contributed by atoms with Crippen molar-refractivity contribution in [3.05, 3.63) is 56.1 Å². The van der Waals surface area contributed by atoms with E-state index in [9.17, 15) is 14.9 Å². The van der Waals surface area contributed by atoms with Gasteiger partial charge in [-0.05, 0) is 18.2 Å². The topological polar surface area (TPSA) is 90.7 Å². The highest BCUT2D eigenvalue weighted by atomic mass is 35.5. The lowest BCUT2D eigenvalue weighted by atomic mass is 10.1. The van der Waals surface area contributed by atoms with Gasteiger partial charge >= 0.3 is 0 Å². The van der Waals surface area contributed by atoms with Gasteiger partial charge in [-0.1, -0.05) is 23.2 Å². The molecule has 0 saturated carbocycles. The summed E-state index contributed by atoms with van der Waals surface area (Å²) in [7, 11) is 2.70. The number of nitro benzene ring substituents is 1. The standard InChI is InChI=1S/C15H12Cl2N2O5/c1-23-12-7-8(19(21)22)3-6-11(12)18-15(20)13-9(16)4-5-10(17)14(13)24-2/h3-7H,1-2H3,(H,18,20). The summed E-state index contributed by atoms with van der Waals surface area (Å²) < 4.78 is 10.2. The fourth-order valence-electron chi connectivity index (χ4n) is 2.03. The van der Waals surface area contributed by atoms with Crippen molar-refractivity contribution in [2.75, 3.05) is 19.5 Å². The molecule has 126 valence electrons. The third-order valence-electron chi connectivity index (χ3n) is 3.13. The molecule has 0 unspecified atom stereocenters. The Hall–Kier alpha value is -2.51. The van der Waals surface area contributed by atoms with Crippen LogP contribution in [0.1, 0.15) is 10.4 Å². The van der Waals surface area contributed by atoms with Gasteiger partial charge in [-0.3, -0.25) is 14.9 Å². The van der Waals surface area contributed by atoms with Gasteiger partial charge in [0.2, 0.25) is 0 Å². The van der Waals surface area contributed by atoms with E-state index in [2.05, 4.69) is 5.32 Å². The number of rotatable bonds is 5. The molecule has 2 aromatic carbocycles. The van der Waals surface area contributed by atoms with E-state index in [0.717, 1.165) is 0 Å². The molecule has 0 heterocycles. The van der Waals surface area contributed by atoms with Crippen molar-refractivity contribution in [1.29, 1.82) is 0 Å². The highest BCUT2D eigenvalue weighted by Gasteiger charge is 2.21. The van der Waals surface area contributed by atoms with Gasteiger partial charge in [0.1, 0.15) is 11.3 Å². The molecule has 0 aliphatic rings. The number of benzene rings is 2. The highest BCUT2D eigenvalue weighted by Crippen LogP contribution is 2.35. The Morgan fingerprint density at radius 1 is 1.12 bits per heavy atom. The van der Waals surface area contributed by atoms with Crippen LogP contribution in [0.25, 0.3) is 0 Å². The van der Waals surface area contributed by atoms with Gasteiger partial charge in [0.05, 0.1) is 40.9 Å². The van der Waals surface area contributed by atoms with Gasteiger partial charge < -0.3 is 14.8 Å². The first-order valence-electron chi connectivity index (χ1n) is 6.54. The largest absolute Gasteiger partial charge is 0.494 e. The summed E-state index contributed by atoms with van der Waals surface area (Å²) in [5.74, 6) is -0.330. The van der Waals surface area contributed by atoms with Crippen molar-refractivity contribution in [3.63, 3.8) is 0 Å². The number of amides is 1. The molecular formula is C15H12Cl2N2O5. The minimum absolute atomic E-state index is 0.0482. The van der Waals surface area contributed by atoms with Gasteiger partial charge in [-0.15, -0.1) is 0 Å². The first-order valence-corrected chi connectivity index (χ1v) is 7.30. The molecular weight excluding hydrogens is 359 g/mol. The fraction of sp³-hybridized carbons (Fsp3) is 0.133. The molecule has 24 heavy (non-hydrogen) atoms. The summed E-state index contributed by atoms with van der Waals surface area (Å²) in [6.07, 6.45) is 0. The predicted molar refractivity (Wildman–Crippen MR) is 90.6 cm³/mol. The molecule has 9 heteroatoms. The van der Waals surface area contributed by atoms with Crippen molar-refractivity contribution in [3.8, 4) is 11.5 Å². The highest BCUT2D eigenvalue weighted by molar-refractivity contribution is 6.37. The van der Waals surface area contributed by atoms with E-state index in [-0.39, 0.29) is 38.5 Å². The zero-order chi connectivity index (χ0) is 17.9. The molecule has 2 aromatic rings. The maximum atomic E-state index is 12.5. The van der Waals surface area contributed by atoms with Crippen LogP contribution in [0.4, 0.5) is 11.4 Å². The Labute approximate surface area is 147 Å². The van der Waals surface area contributed by atoms with Crippen LogP contribution in [-0.4, -0.2) is 25.1 Å². The Morgan fingerprint density at radius 3 is 2.38 bits per heavy atom. The van der Waals surface area contributed by atoms with E-state index in [4.69, 9.17) is 32.7 Å². The quantitative estimate of drug-likeness (QED) is 0.629. The zero-order valence-electron chi connectivity index (χ0n) is 12.6. The lowest BCUT2D eigenvalue weighted by Crippen LogP contribution is -2.15. The van der Waals surface area contributed by atoms with E-state index < -0.39 is 10.8 Å². The van der Waals surface area contributed by atoms with Crippen LogP contribution in [-0.2, 0) is 0 Å². The van der Waals surface area contributed by atoms with Crippen LogP contribution >= 0.6 is 23.2 Å². The van der Waals surface area contributed by atoms with Gasteiger partial charge in [0.15, 0.2) is 5.75 Å². The second kappa shape index (κ2) is 7.37. The number of ether oxygens (including phenoxy) is 2. The molecule has 0 spiro atoms. The third kappa shape index (κ3) is 3.52. The Kier molecular flexibility index (Phi) is 5.48. The second-order valence-electron chi connectivity index (χ2n) is 4.53. The number of carbonyl (C=O) groups is 1. The normalized spacial score (nSPS) is 10.2. The molecule has 1 N–H and O–H groups in total. The lowest BCUT2D eigenvalue weighted by molar-refractivity contribution is -0.384. The molecule has 1 amide bonds. The molecule has 0 atom stereocenters. The van der Waals surface area contributed by atoms with E-state index in [1.165, 1.54) is 44.6 Å². The summed E-state index contributed by atoms with van der Waals surface area (Å²) in [4.78, 5) is 22.8. The van der Waals surface area contributed by atoms with Crippen LogP contribution in [0.5, 0.6) is 11.5 Å². The average Bonchev–Trinajstić information content (AvgIpc) is 2.56. The molecule has 0 aliphatic carbocycles. The predicted octanol–water partition coefficient (Wildman–Crippen LogP) is 4.17. The molecule has 0 radical (unpaired) electrons. The van der Waals surface area contributed by atoms with Crippen molar-refractivity contribution >= 4 is 40.5 Å². The molecule has 0 fully saturated rings. The van der Waals surface area contributed by atoms with Gasteiger partial charge in [0, 0.05) is 6.07 Å². The van der Waals surface area contributed by atoms with E-state index in [0.29, 0.717) is 0 Å². The van der Waals surface area contributed by atoms with Crippen molar-refractivity contribution in [2.24, 2.45) is 0 Å². The summed E-state index contributed by atoms with van der Waals surface area (Å²) in [6, 6.07) is 6.78. The first kappa shape index (κ1) is 17.8. The number of carbonyl (C=O) groups excluding carboxylic acids is 1. The van der Waals surface area contributed by atoms with E-state index in [1.807, 2.05) is 0 Å². The van der Waals surface area contributed by atoms with Crippen molar-refractivity contribution in [2.45, 2.75) is 0 Å². The van der Waals surface area contributed by atoms with E-state index >= 15 is 0 Å². The van der Waals surface area contributed by atoms with Crippen molar-refractivity contribution < 1.29 is 19.2 Å². The lowest BCUT2D eigenvalue weighted by Gasteiger charge is -2.14. The Balaban J connectivity index is 2.41. The minimum Gasteiger partial charge on any atom is -0.494 e. The van der Waals surface area contributed by atoms with Crippen molar-refractivity contribution in [1.82, 2.24) is 0 Å². The minimum atomic E-state index is -0.591. The van der Waals surface area contributed by atoms with Crippen LogP contribution in [0, 0.1) is 10.1 Å². The van der Waals surface area contributed by atoms with Crippen LogP contribution in [0.2, 0.25) is 10.0 Å². The summed E-state index contributed by atoms with van der Waals surface area (Å²) in [5.41, 5.74) is 0.126. The average molecular weight is 371 g/mol. The van der Waals surface area contributed by atoms with Crippen LogP contribution < -0.4 is 14.8 Å². The Bertz CT molecular complexity index is 811. The number of nitrogens with one attached hydrogen (secondary N) is 1. The van der Waals surface area contributed by atoms with Gasteiger partial charge in [0.25, 0.3) is 11.6 Å². The summed E-state index contributed by atoms with van der Waals surface area (Å²) in [6.45, 7) is 0. The Morgan fingerprint density at radius 2 is 1.79 bits per heavy atom. The molecule has 0 bridgehead atoms. The molecule has 0 aromatic heterocycles. The number of anilines is 1. The fourth-order valence-corrected chi connectivity index (χ4v) is 2.50. The number of non-ortho nitro benzene ring substituents is 1. The molecule has 0 saturated heterocycles. The summed E-state index contributed by atoms with van der Waals surface area (Å²) >= 11 is 12.1. The molecule has 7 nitrogen and oxygen atoms in total. The van der Waals surface area contributed by atoms with Gasteiger partial charge in [-0.2, -0.15) is 0 Å². The number of nitrogens with zero attached hydrogens (tertiary/aromatic N) is 1. The van der Waals surface area contributed by atoms with Crippen LogP contribution in [0.15, 0.2) is 30.3 Å². The molecule has 0 aliphatic heterocycles. The van der Waals surface area contributed by atoms with E-state index in [1.54, 1.807) is 0 Å². The number of halogens is 2. The SMILES string of the molecule is COc1cc([N+](=O)[O-])ccc1NC(=O)c1c(Cl)ccc(Cl)c1OC. The first-order chi connectivity index (χ1) is 11.4. The second-order valence-corrected chi connectivity index (χ2v) is 5.35. The summed E-state index contributed by atoms with van der Waals surface area (Å²) in [5, 5.41) is 13.8. The van der Waals surface area contributed by atoms with Crippen LogP contribution in [0.3, 0.4) is 0 Å². The zero-order valence-corrected chi connectivity index (χ0v) is 14.1. The molecule has 2 rings (SSSR count). The maximum Gasteiger partial charge on any atom is 0.273 e.